The summed E-state index contributed by atoms with van der Waals surface area (Å²) in [5.41, 5.74) is 1.18. The molecule has 0 saturated carbocycles. The Morgan fingerprint density at radius 2 is 1.76 bits per heavy atom. The van der Waals surface area contributed by atoms with Crippen LogP contribution in [0.4, 0.5) is 5.69 Å². The smallest absolute Gasteiger partial charge is 0.339 e. The van der Waals surface area contributed by atoms with Crippen LogP contribution in [0.1, 0.15) is 38.0 Å². The second-order valence-electron chi connectivity index (χ2n) is 6.68. The molecule has 2 heterocycles. The van der Waals surface area contributed by atoms with Crippen molar-refractivity contribution in [3.8, 4) is 0 Å². The highest BCUT2D eigenvalue weighted by Crippen LogP contribution is 2.18. The minimum atomic E-state index is -0.547. The van der Waals surface area contributed by atoms with Crippen LogP contribution in [0.25, 0.3) is 0 Å². The number of amides is 2. The lowest BCUT2D eigenvalue weighted by Crippen LogP contribution is -2.48. The van der Waals surface area contributed by atoms with E-state index in [1.54, 1.807) is 29.2 Å². The molecule has 0 atom stereocenters. The molecule has 152 valence electrons. The minimum absolute atomic E-state index is 0.141. The molecule has 0 unspecified atom stereocenters. The number of nitrogens with zero attached hydrogens (tertiary/aromatic N) is 3. The van der Waals surface area contributed by atoms with Gasteiger partial charge in [-0.05, 0) is 24.7 Å². The number of esters is 1. The summed E-state index contributed by atoms with van der Waals surface area (Å²) in [6.45, 7) is 6.03. The van der Waals surface area contributed by atoms with Crippen LogP contribution in [0.5, 0.6) is 0 Å². The summed E-state index contributed by atoms with van der Waals surface area (Å²) >= 11 is 0. The zero-order valence-electron chi connectivity index (χ0n) is 16.6. The number of para-hydroxylation sites is 1. The molecule has 1 aliphatic rings. The van der Waals surface area contributed by atoms with Crippen LogP contribution in [0.2, 0.25) is 0 Å². The standard InChI is InChI=1S/C21H24N4O4/c1-3-24-8-10-25(11-9-24)20(27)16-12-15(13-22-14-16)19(26)23-18-7-5-4-6-17(18)21(28)29-2/h4-7,12-14H,3,8-11H2,1-2H3,(H,23,26). The highest BCUT2D eigenvalue weighted by molar-refractivity contribution is 6.08. The monoisotopic (exact) mass is 396 g/mol. The lowest BCUT2D eigenvalue weighted by molar-refractivity contribution is 0.0600. The maximum atomic E-state index is 12.8. The number of carbonyl (C=O) groups is 3. The summed E-state index contributed by atoms with van der Waals surface area (Å²) < 4.78 is 4.74. The summed E-state index contributed by atoms with van der Waals surface area (Å²) in [5, 5.41) is 2.69. The Hall–Kier alpha value is -3.26. The second-order valence-corrected chi connectivity index (χ2v) is 6.68. The predicted molar refractivity (Wildman–Crippen MR) is 108 cm³/mol. The van der Waals surface area contributed by atoms with Gasteiger partial charge in [0.15, 0.2) is 0 Å². The highest BCUT2D eigenvalue weighted by atomic mass is 16.5. The quantitative estimate of drug-likeness (QED) is 0.776. The van der Waals surface area contributed by atoms with Crippen molar-refractivity contribution < 1.29 is 19.1 Å². The van der Waals surface area contributed by atoms with Gasteiger partial charge in [-0.15, -0.1) is 0 Å². The number of nitrogens with one attached hydrogen (secondary N) is 1. The number of methoxy groups -OCH3 is 1. The van der Waals surface area contributed by atoms with E-state index in [4.69, 9.17) is 4.74 Å². The van der Waals surface area contributed by atoms with E-state index >= 15 is 0 Å². The first-order valence-electron chi connectivity index (χ1n) is 9.49. The minimum Gasteiger partial charge on any atom is -0.465 e. The number of hydrogen-bond donors (Lipinski definition) is 1. The van der Waals surface area contributed by atoms with Gasteiger partial charge in [0, 0.05) is 38.6 Å². The molecule has 0 radical (unpaired) electrons. The van der Waals surface area contributed by atoms with E-state index in [0.717, 1.165) is 19.6 Å². The van der Waals surface area contributed by atoms with Gasteiger partial charge in [0.05, 0.1) is 29.5 Å². The molecule has 2 aromatic rings. The molecule has 2 amide bonds. The molecule has 1 aromatic carbocycles. The van der Waals surface area contributed by atoms with Crippen molar-refractivity contribution >= 4 is 23.5 Å². The number of aromatic nitrogens is 1. The Balaban J connectivity index is 1.74. The van der Waals surface area contributed by atoms with Crippen LogP contribution in [0.15, 0.2) is 42.7 Å². The molecule has 0 spiro atoms. The van der Waals surface area contributed by atoms with Crippen molar-refractivity contribution in [3.05, 3.63) is 59.4 Å². The summed E-state index contributed by atoms with van der Waals surface area (Å²) in [7, 11) is 1.28. The van der Waals surface area contributed by atoms with Gasteiger partial charge in [-0.1, -0.05) is 19.1 Å². The summed E-state index contributed by atoms with van der Waals surface area (Å²) in [4.78, 5) is 45.5. The highest BCUT2D eigenvalue weighted by Gasteiger charge is 2.22. The second kappa shape index (κ2) is 9.29. The van der Waals surface area contributed by atoms with Crippen molar-refractivity contribution in [3.63, 3.8) is 0 Å². The number of ether oxygens (including phenoxy) is 1. The number of likely N-dealkylation sites (N-methyl/N-ethyl adjacent to an activating group) is 1. The predicted octanol–water partition coefficient (Wildman–Crippen LogP) is 1.90. The zero-order chi connectivity index (χ0) is 20.8. The maximum absolute atomic E-state index is 12.8. The zero-order valence-corrected chi connectivity index (χ0v) is 16.6. The van der Waals surface area contributed by atoms with Crippen LogP contribution < -0.4 is 5.32 Å². The van der Waals surface area contributed by atoms with Crippen molar-refractivity contribution in [2.24, 2.45) is 0 Å². The molecular weight excluding hydrogens is 372 g/mol. The Bertz CT molecular complexity index is 907. The van der Waals surface area contributed by atoms with Crippen LogP contribution in [-0.2, 0) is 4.74 Å². The van der Waals surface area contributed by atoms with E-state index < -0.39 is 11.9 Å². The molecule has 8 nitrogen and oxygen atoms in total. The largest absolute Gasteiger partial charge is 0.465 e. The van der Waals surface area contributed by atoms with Gasteiger partial charge in [0.1, 0.15) is 0 Å². The molecule has 1 fully saturated rings. The maximum Gasteiger partial charge on any atom is 0.339 e. The summed E-state index contributed by atoms with van der Waals surface area (Å²) in [6, 6.07) is 8.09. The molecule has 3 rings (SSSR count). The van der Waals surface area contributed by atoms with Gasteiger partial charge in [-0.25, -0.2) is 4.79 Å². The van der Waals surface area contributed by atoms with Crippen molar-refractivity contribution in [2.45, 2.75) is 6.92 Å². The number of hydrogen-bond acceptors (Lipinski definition) is 6. The van der Waals surface area contributed by atoms with Crippen LogP contribution in [-0.4, -0.2) is 72.4 Å². The van der Waals surface area contributed by atoms with Gasteiger partial charge < -0.3 is 19.9 Å². The van der Waals surface area contributed by atoms with Crippen molar-refractivity contribution in [2.75, 3.05) is 45.2 Å². The Morgan fingerprint density at radius 3 is 2.45 bits per heavy atom. The molecule has 1 saturated heterocycles. The Morgan fingerprint density at radius 1 is 1.07 bits per heavy atom. The number of carbonyl (C=O) groups excluding carboxylic acids is 3. The normalized spacial score (nSPS) is 14.3. The van der Waals surface area contributed by atoms with Gasteiger partial charge in [0.2, 0.25) is 0 Å². The topological polar surface area (TPSA) is 91.8 Å². The van der Waals surface area contributed by atoms with Crippen LogP contribution in [0, 0.1) is 0 Å². The first kappa shape index (κ1) is 20.5. The fourth-order valence-electron chi connectivity index (χ4n) is 3.21. The van der Waals surface area contributed by atoms with E-state index in [2.05, 4.69) is 22.1 Å². The molecule has 0 bridgehead atoms. The number of benzene rings is 1. The van der Waals surface area contributed by atoms with Gasteiger partial charge in [-0.2, -0.15) is 0 Å². The average molecular weight is 396 g/mol. The molecule has 1 N–H and O–H groups in total. The third kappa shape index (κ3) is 4.78. The molecule has 29 heavy (non-hydrogen) atoms. The fraction of sp³-hybridized carbons (Fsp3) is 0.333. The summed E-state index contributed by atoms with van der Waals surface area (Å²) in [5.74, 6) is -1.15. The molecule has 1 aliphatic heterocycles. The van der Waals surface area contributed by atoms with E-state index in [0.29, 0.717) is 24.3 Å². The van der Waals surface area contributed by atoms with E-state index in [1.807, 2.05) is 0 Å². The first-order valence-corrected chi connectivity index (χ1v) is 9.49. The van der Waals surface area contributed by atoms with Gasteiger partial charge in [-0.3, -0.25) is 14.6 Å². The van der Waals surface area contributed by atoms with Crippen LogP contribution >= 0.6 is 0 Å². The third-order valence-corrected chi connectivity index (χ3v) is 4.93. The van der Waals surface area contributed by atoms with E-state index in [-0.39, 0.29) is 17.0 Å². The summed E-state index contributed by atoms with van der Waals surface area (Å²) in [6.07, 6.45) is 2.86. The SMILES string of the molecule is CCN1CCN(C(=O)c2cncc(C(=O)Nc3ccccc3C(=O)OC)c2)CC1. The lowest BCUT2D eigenvalue weighted by atomic mass is 10.1. The van der Waals surface area contributed by atoms with Crippen molar-refractivity contribution in [1.29, 1.82) is 0 Å². The number of piperazine rings is 1. The van der Waals surface area contributed by atoms with Crippen molar-refractivity contribution in [1.82, 2.24) is 14.8 Å². The number of pyridine rings is 1. The lowest BCUT2D eigenvalue weighted by Gasteiger charge is -2.34. The van der Waals surface area contributed by atoms with E-state index in [1.165, 1.54) is 25.6 Å². The van der Waals surface area contributed by atoms with Gasteiger partial charge in [0.25, 0.3) is 11.8 Å². The van der Waals surface area contributed by atoms with Crippen LogP contribution in [0.3, 0.4) is 0 Å². The molecule has 0 aliphatic carbocycles. The Kier molecular flexibility index (Phi) is 6.56. The molecular formula is C21H24N4O4. The Labute approximate surface area is 169 Å². The number of rotatable bonds is 5. The first-order chi connectivity index (χ1) is 14.0. The molecule has 1 aromatic heterocycles. The average Bonchev–Trinajstić information content (AvgIpc) is 2.78. The third-order valence-electron chi connectivity index (χ3n) is 4.93. The van der Waals surface area contributed by atoms with E-state index in [9.17, 15) is 14.4 Å². The molecule has 8 heteroatoms. The fourth-order valence-corrected chi connectivity index (χ4v) is 3.21. The number of anilines is 1. The van der Waals surface area contributed by atoms with Gasteiger partial charge >= 0.3 is 5.97 Å².